The van der Waals surface area contributed by atoms with E-state index >= 15 is 0 Å². The summed E-state index contributed by atoms with van der Waals surface area (Å²) in [6, 6.07) is -0.497. The normalized spacial score (nSPS) is 19.5. The Bertz CT molecular complexity index is 262. The zero-order valence-corrected chi connectivity index (χ0v) is 8.61. The molecule has 1 saturated heterocycles. The molecule has 0 saturated carbocycles. The number of urea groups is 1. The van der Waals surface area contributed by atoms with Crippen LogP contribution in [0.3, 0.4) is 0 Å². The van der Waals surface area contributed by atoms with E-state index in [1.807, 2.05) is 0 Å². The summed E-state index contributed by atoms with van der Waals surface area (Å²) in [6.07, 6.45) is 0. The van der Waals surface area contributed by atoms with E-state index in [2.05, 4.69) is 0 Å². The molecule has 1 aliphatic heterocycles. The number of hydrogen-bond acceptors (Lipinski definition) is 3. The minimum absolute atomic E-state index is 0.311. The minimum atomic E-state index is -0.729. The van der Waals surface area contributed by atoms with Crippen LogP contribution in [-0.2, 0) is 9.59 Å². The van der Waals surface area contributed by atoms with Gasteiger partial charge in [0, 0.05) is 13.1 Å². The van der Waals surface area contributed by atoms with Gasteiger partial charge in [0.2, 0.25) is 11.8 Å². The van der Waals surface area contributed by atoms with Gasteiger partial charge in [0.05, 0.1) is 0 Å². The van der Waals surface area contributed by atoms with Gasteiger partial charge in [0.25, 0.3) is 0 Å². The molecule has 0 aromatic rings. The second-order valence-electron chi connectivity index (χ2n) is 3.17. The largest absolute Gasteiger partial charge is 0.333 e. The van der Waals surface area contributed by atoms with Crippen molar-refractivity contribution in [3.8, 4) is 0 Å². The second kappa shape index (κ2) is 3.77. The zero-order valence-electron chi connectivity index (χ0n) is 8.61. The average Bonchev–Trinajstić information content (AvgIpc) is 2.16. The molecule has 0 unspecified atom stereocenters. The van der Waals surface area contributed by atoms with Gasteiger partial charge in [-0.05, 0) is 20.8 Å². The fourth-order valence-electron chi connectivity index (χ4n) is 1.49. The fourth-order valence-corrected chi connectivity index (χ4v) is 1.49. The Morgan fingerprint density at radius 1 is 1.00 bits per heavy atom. The molecular formula is C9H14N2O3. The second-order valence-corrected chi connectivity index (χ2v) is 3.17. The monoisotopic (exact) mass is 198 g/mol. The summed E-state index contributed by atoms with van der Waals surface area (Å²) < 4.78 is 0. The van der Waals surface area contributed by atoms with Crippen molar-refractivity contribution in [2.24, 2.45) is 5.92 Å². The molecule has 4 amide bonds. The predicted molar refractivity (Wildman–Crippen MR) is 49.3 cm³/mol. The number of carbonyl (C=O) groups excluding carboxylic acids is 3. The van der Waals surface area contributed by atoms with Crippen LogP contribution in [0.15, 0.2) is 0 Å². The minimum Gasteiger partial charge on any atom is -0.273 e. The third-order valence-electron chi connectivity index (χ3n) is 2.37. The summed E-state index contributed by atoms with van der Waals surface area (Å²) in [5.41, 5.74) is 0. The molecule has 1 rings (SSSR count). The summed E-state index contributed by atoms with van der Waals surface area (Å²) in [7, 11) is 0. The van der Waals surface area contributed by atoms with Gasteiger partial charge < -0.3 is 0 Å². The maximum Gasteiger partial charge on any atom is 0.333 e. The van der Waals surface area contributed by atoms with E-state index in [4.69, 9.17) is 0 Å². The standard InChI is InChI=1S/C9H14N2O3/c1-4-10-7(12)6(3)8(13)11(5-2)9(10)14/h6H,4-5H2,1-3H3. The van der Waals surface area contributed by atoms with Crippen molar-refractivity contribution in [2.45, 2.75) is 20.8 Å². The van der Waals surface area contributed by atoms with Crippen molar-refractivity contribution in [3.05, 3.63) is 0 Å². The van der Waals surface area contributed by atoms with Gasteiger partial charge in [0.15, 0.2) is 0 Å². The van der Waals surface area contributed by atoms with Crippen LogP contribution in [0.5, 0.6) is 0 Å². The Labute approximate surface area is 82.7 Å². The molecule has 5 heteroatoms. The van der Waals surface area contributed by atoms with Crippen molar-refractivity contribution >= 4 is 17.8 Å². The van der Waals surface area contributed by atoms with Crippen LogP contribution in [0.25, 0.3) is 0 Å². The Hall–Kier alpha value is -1.39. The van der Waals surface area contributed by atoms with Gasteiger partial charge in [-0.25, -0.2) is 4.79 Å². The van der Waals surface area contributed by atoms with Crippen LogP contribution in [0.2, 0.25) is 0 Å². The molecule has 78 valence electrons. The first kappa shape index (κ1) is 10.7. The van der Waals surface area contributed by atoms with E-state index in [1.54, 1.807) is 13.8 Å². The van der Waals surface area contributed by atoms with Crippen LogP contribution < -0.4 is 0 Å². The van der Waals surface area contributed by atoms with Crippen LogP contribution in [-0.4, -0.2) is 40.7 Å². The van der Waals surface area contributed by atoms with Crippen molar-refractivity contribution < 1.29 is 14.4 Å². The van der Waals surface area contributed by atoms with E-state index in [9.17, 15) is 14.4 Å². The average molecular weight is 198 g/mol. The first-order valence-corrected chi connectivity index (χ1v) is 4.71. The lowest BCUT2D eigenvalue weighted by Crippen LogP contribution is -2.58. The molecule has 1 fully saturated rings. The lowest BCUT2D eigenvalue weighted by Gasteiger charge is -2.34. The summed E-state index contributed by atoms with van der Waals surface area (Å²) in [4.78, 5) is 36.8. The van der Waals surface area contributed by atoms with Crippen molar-refractivity contribution in [1.29, 1.82) is 0 Å². The molecular weight excluding hydrogens is 184 g/mol. The number of carbonyl (C=O) groups is 3. The molecule has 0 aromatic carbocycles. The van der Waals surface area contributed by atoms with Crippen LogP contribution in [0.4, 0.5) is 4.79 Å². The van der Waals surface area contributed by atoms with Gasteiger partial charge in [-0.1, -0.05) is 0 Å². The molecule has 0 spiro atoms. The van der Waals surface area contributed by atoms with E-state index in [-0.39, 0.29) is 0 Å². The van der Waals surface area contributed by atoms with Crippen LogP contribution in [0.1, 0.15) is 20.8 Å². The van der Waals surface area contributed by atoms with E-state index in [0.717, 1.165) is 9.80 Å². The molecule has 0 atom stereocenters. The maximum atomic E-state index is 11.6. The van der Waals surface area contributed by atoms with Gasteiger partial charge in [0.1, 0.15) is 5.92 Å². The Kier molecular flexibility index (Phi) is 2.88. The highest BCUT2D eigenvalue weighted by molar-refractivity contribution is 6.15. The maximum absolute atomic E-state index is 11.6. The molecule has 0 bridgehead atoms. The topological polar surface area (TPSA) is 57.7 Å². The highest BCUT2D eigenvalue weighted by Crippen LogP contribution is 2.16. The van der Waals surface area contributed by atoms with Crippen LogP contribution >= 0.6 is 0 Å². The first-order chi connectivity index (χ1) is 6.54. The summed E-state index contributed by atoms with van der Waals surface area (Å²) in [5.74, 6) is -1.52. The van der Waals surface area contributed by atoms with E-state index in [1.165, 1.54) is 6.92 Å². The van der Waals surface area contributed by atoms with Gasteiger partial charge in [-0.2, -0.15) is 0 Å². The van der Waals surface area contributed by atoms with Gasteiger partial charge in [-0.15, -0.1) is 0 Å². The lowest BCUT2D eigenvalue weighted by molar-refractivity contribution is -0.148. The molecule has 5 nitrogen and oxygen atoms in total. The molecule has 1 aliphatic rings. The van der Waals surface area contributed by atoms with Gasteiger partial charge in [-0.3, -0.25) is 19.4 Å². The Morgan fingerprint density at radius 2 is 1.36 bits per heavy atom. The quantitative estimate of drug-likeness (QED) is 0.605. The highest BCUT2D eigenvalue weighted by Gasteiger charge is 2.41. The molecule has 0 radical (unpaired) electrons. The van der Waals surface area contributed by atoms with Gasteiger partial charge >= 0.3 is 6.03 Å². The number of nitrogens with zero attached hydrogens (tertiary/aromatic N) is 2. The third kappa shape index (κ3) is 1.38. The molecule has 0 aliphatic carbocycles. The molecule has 1 heterocycles. The Morgan fingerprint density at radius 3 is 1.64 bits per heavy atom. The smallest absolute Gasteiger partial charge is 0.273 e. The number of barbiturate groups is 1. The number of amides is 4. The molecule has 14 heavy (non-hydrogen) atoms. The number of rotatable bonds is 2. The molecule has 0 N–H and O–H groups in total. The lowest BCUT2D eigenvalue weighted by atomic mass is 10.1. The van der Waals surface area contributed by atoms with Crippen molar-refractivity contribution in [2.75, 3.05) is 13.1 Å². The summed E-state index contributed by atoms with van der Waals surface area (Å²) in [6.45, 7) is 5.58. The van der Waals surface area contributed by atoms with E-state index in [0.29, 0.717) is 13.1 Å². The van der Waals surface area contributed by atoms with Crippen molar-refractivity contribution in [3.63, 3.8) is 0 Å². The number of imide groups is 2. The highest BCUT2D eigenvalue weighted by atomic mass is 16.2. The first-order valence-electron chi connectivity index (χ1n) is 4.71. The third-order valence-corrected chi connectivity index (χ3v) is 2.37. The van der Waals surface area contributed by atoms with E-state index < -0.39 is 23.8 Å². The SMILES string of the molecule is CCN1C(=O)C(C)C(=O)N(CC)C1=O. The zero-order chi connectivity index (χ0) is 10.9. The van der Waals surface area contributed by atoms with Crippen LogP contribution in [0, 0.1) is 5.92 Å². The number of hydrogen-bond donors (Lipinski definition) is 0. The predicted octanol–water partition coefficient (Wildman–Crippen LogP) is 0.453. The van der Waals surface area contributed by atoms with Crippen molar-refractivity contribution in [1.82, 2.24) is 9.80 Å². The summed E-state index contributed by atoms with van der Waals surface area (Å²) in [5, 5.41) is 0. The Balaban J connectivity index is 3.00. The summed E-state index contributed by atoms with van der Waals surface area (Å²) >= 11 is 0. The molecule has 0 aromatic heterocycles. The fraction of sp³-hybridized carbons (Fsp3) is 0.667.